The van der Waals surface area contributed by atoms with Gasteiger partial charge in [0.1, 0.15) is 0 Å². The van der Waals surface area contributed by atoms with Crippen molar-refractivity contribution < 1.29 is 0 Å². The van der Waals surface area contributed by atoms with E-state index < -0.39 is 0 Å². The van der Waals surface area contributed by atoms with Gasteiger partial charge in [-0.25, -0.2) is 0 Å². The van der Waals surface area contributed by atoms with Gasteiger partial charge in [-0.15, -0.1) is 0 Å². The minimum absolute atomic E-state index is 0.757. The Bertz CT molecular complexity index is 376. The molecule has 0 N–H and O–H groups in total. The van der Waals surface area contributed by atoms with Crippen molar-refractivity contribution in [2.45, 2.75) is 44.0 Å². The molecule has 2 rings (SSSR count). The smallest absolute Gasteiger partial charge is 0.0467 e. The molecule has 17 heavy (non-hydrogen) atoms. The average molecular weight is 317 g/mol. The van der Waals surface area contributed by atoms with Gasteiger partial charge in [-0.2, -0.15) is 0 Å². The van der Waals surface area contributed by atoms with E-state index in [1.165, 1.54) is 36.9 Å². The standard InChI is InChI=1S/C14H19BrClN/c1-2-3-8-17(12-6-7-12)13-5-4-11(10-15)14(16)9-13/h4-5,9,12H,2-3,6-8,10H2,1H3. The number of rotatable bonds is 6. The molecular formula is C14H19BrClN. The molecule has 94 valence electrons. The van der Waals surface area contributed by atoms with E-state index in [1.54, 1.807) is 0 Å². The van der Waals surface area contributed by atoms with Crippen LogP contribution >= 0.6 is 27.5 Å². The van der Waals surface area contributed by atoms with Crippen LogP contribution in [0.25, 0.3) is 0 Å². The highest BCUT2D eigenvalue weighted by atomic mass is 79.9. The lowest BCUT2D eigenvalue weighted by atomic mass is 10.2. The molecule has 1 aliphatic carbocycles. The Morgan fingerprint density at radius 1 is 1.41 bits per heavy atom. The third-order valence-corrected chi connectivity index (χ3v) is 4.21. The van der Waals surface area contributed by atoms with Crippen LogP contribution in [0.4, 0.5) is 5.69 Å². The Morgan fingerprint density at radius 3 is 2.71 bits per heavy atom. The van der Waals surface area contributed by atoms with Crippen molar-refractivity contribution in [3.05, 3.63) is 28.8 Å². The summed E-state index contributed by atoms with van der Waals surface area (Å²) in [6, 6.07) is 7.21. The van der Waals surface area contributed by atoms with Gasteiger partial charge < -0.3 is 4.90 Å². The largest absolute Gasteiger partial charge is 0.369 e. The highest BCUT2D eigenvalue weighted by Gasteiger charge is 2.28. The van der Waals surface area contributed by atoms with Crippen molar-refractivity contribution in [1.29, 1.82) is 0 Å². The van der Waals surface area contributed by atoms with Crippen LogP contribution in [0.15, 0.2) is 18.2 Å². The van der Waals surface area contributed by atoms with Crippen LogP contribution in [-0.2, 0) is 5.33 Å². The molecule has 0 heterocycles. The molecule has 0 bridgehead atoms. The molecule has 0 unspecified atom stereocenters. The fraction of sp³-hybridized carbons (Fsp3) is 0.571. The summed E-state index contributed by atoms with van der Waals surface area (Å²) in [6.07, 6.45) is 5.17. The van der Waals surface area contributed by atoms with Crippen LogP contribution in [0.5, 0.6) is 0 Å². The Hall–Kier alpha value is -0.210. The first-order valence-electron chi connectivity index (χ1n) is 6.37. The van der Waals surface area contributed by atoms with Crippen LogP contribution in [0, 0.1) is 0 Å². The first-order chi connectivity index (χ1) is 8.26. The minimum Gasteiger partial charge on any atom is -0.369 e. The van der Waals surface area contributed by atoms with Crippen molar-refractivity contribution in [1.82, 2.24) is 0 Å². The van der Waals surface area contributed by atoms with Crippen molar-refractivity contribution in [3.63, 3.8) is 0 Å². The van der Waals surface area contributed by atoms with E-state index in [9.17, 15) is 0 Å². The van der Waals surface area contributed by atoms with Gasteiger partial charge >= 0.3 is 0 Å². The molecule has 0 atom stereocenters. The highest BCUT2D eigenvalue weighted by Crippen LogP contribution is 2.34. The molecule has 0 amide bonds. The quantitative estimate of drug-likeness (QED) is 0.667. The highest BCUT2D eigenvalue weighted by molar-refractivity contribution is 9.08. The summed E-state index contributed by atoms with van der Waals surface area (Å²) in [5.74, 6) is 0. The number of unbranched alkanes of at least 4 members (excludes halogenated alkanes) is 1. The number of benzene rings is 1. The van der Waals surface area contributed by atoms with Crippen molar-refractivity contribution in [2.75, 3.05) is 11.4 Å². The van der Waals surface area contributed by atoms with Gasteiger partial charge in [0.15, 0.2) is 0 Å². The zero-order valence-corrected chi connectivity index (χ0v) is 12.6. The third kappa shape index (κ3) is 3.38. The topological polar surface area (TPSA) is 3.24 Å². The molecular weight excluding hydrogens is 298 g/mol. The second kappa shape index (κ2) is 6.10. The molecule has 0 spiro atoms. The fourth-order valence-corrected chi connectivity index (χ4v) is 2.95. The molecule has 1 nitrogen and oxygen atoms in total. The molecule has 1 saturated carbocycles. The van der Waals surface area contributed by atoms with E-state index in [-0.39, 0.29) is 0 Å². The van der Waals surface area contributed by atoms with Crippen LogP contribution < -0.4 is 4.90 Å². The fourth-order valence-electron chi connectivity index (χ4n) is 2.06. The van der Waals surface area contributed by atoms with Crippen molar-refractivity contribution in [2.24, 2.45) is 0 Å². The summed E-state index contributed by atoms with van der Waals surface area (Å²) in [7, 11) is 0. The first-order valence-corrected chi connectivity index (χ1v) is 7.87. The molecule has 0 radical (unpaired) electrons. The van der Waals surface area contributed by atoms with Gasteiger partial charge in [-0.1, -0.05) is 46.9 Å². The molecule has 1 aliphatic rings. The lowest BCUT2D eigenvalue weighted by Crippen LogP contribution is -2.26. The molecule has 0 aliphatic heterocycles. The van der Waals surface area contributed by atoms with Gasteiger partial charge in [0.05, 0.1) is 0 Å². The predicted molar refractivity (Wildman–Crippen MR) is 79.4 cm³/mol. The monoisotopic (exact) mass is 315 g/mol. The van der Waals surface area contributed by atoms with Gasteiger partial charge in [0.2, 0.25) is 0 Å². The molecule has 1 aromatic carbocycles. The van der Waals surface area contributed by atoms with Crippen LogP contribution in [0.2, 0.25) is 5.02 Å². The summed E-state index contributed by atoms with van der Waals surface area (Å²) in [6.45, 7) is 3.40. The number of nitrogens with zero attached hydrogens (tertiary/aromatic N) is 1. The zero-order chi connectivity index (χ0) is 12.3. The Morgan fingerprint density at radius 2 is 2.18 bits per heavy atom. The normalized spacial score (nSPS) is 15.0. The zero-order valence-electron chi connectivity index (χ0n) is 10.3. The molecule has 1 fully saturated rings. The summed E-state index contributed by atoms with van der Waals surface area (Å²) >= 11 is 9.73. The van der Waals surface area contributed by atoms with E-state index in [2.05, 4.69) is 46.0 Å². The van der Waals surface area contributed by atoms with E-state index in [0.29, 0.717) is 0 Å². The average Bonchev–Trinajstić information content (AvgIpc) is 3.14. The Labute approximate surface area is 117 Å². The van der Waals surface area contributed by atoms with Gasteiger partial charge in [0, 0.05) is 28.6 Å². The van der Waals surface area contributed by atoms with Gasteiger partial charge in [0.25, 0.3) is 0 Å². The van der Waals surface area contributed by atoms with Crippen LogP contribution in [0.3, 0.4) is 0 Å². The van der Waals surface area contributed by atoms with Crippen molar-refractivity contribution in [3.8, 4) is 0 Å². The van der Waals surface area contributed by atoms with Gasteiger partial charge in [-0.3, -0.25) is 0 Å². The molecule has 1 aromatic rings. The van der Waals surface area contributed by atoms with E-state index in [0.717, 1.165) is 22.9 Å². The Kier molecular flexibility index (Phi) is 4.75. The number of hydrogen-bond donors (Lipinski definition) is 0. The van der Waals surface area contributed by atoms with E-state index in [4.69, 9.17) is 11.6 Å². The van der Waals surface area contributed by atoms with Crippen LogP contribution in [0.1, 0.15) is 38.2 Å². The summed E-state index contributed by atoms with van der Waals surface area (Å²) < 4.78 is 0. The predicted octanol–water partition coefficient (Wildman–Crippen LogP) is 5.00. The third-order valence-electron chi connectivity index (χ3n) is 3.25. The Balaban J connectivity index is 2.14. The lowest BCUT2D eigenvalue weighted by Gasteiger charge is -2.25. The second-order valence-electron chi connectivity index (χ2n) is 4.69. The maximum absolute atomic E-state index is 6.28. The summed E-state index contributed by atoms with van der Waals surface area (Å²) in [5, 5.41) is 1.70. The maximum atomic E-state index is 6.28. The molecule has 0 saturated heterocycles. The maximum Gasteiger partial charge on any atom is 0.0467 e. The van der Waals surface area contributed by atoms with Crippen molar-refractivity contribution >= 4 is 33.2 Å². The van der Waals surface area contributed by atoms with E-state index in [1.807, 2.05) is 0 Å². The lowest BCUT2D eigenvalue weighted by molar-refractivity contribution is 0.713. The van der Waals surface area contributed by atoms with E-state index >= 15 is 0 Å². The first kappa shape index (κ1) is 13.2. The second-order valence-corrected chi connectivity index (χ2v) is 5.66. The minimum atomic E-state index is 0.757. The summed E-state index contributed by atoms with van der Waals surface area (Å²) in [5.41, 5.74) is 2.46. The van der Waals surface area contributed by atoms with Crippen LogP contribution in [-0.4, -0.2) is 12.6 Å². The molecule has 3 heteroatoms. The number of halogens is 2. The number of anilines is 1. The number of hydrogen-bond acceptors (Lipinski definition) is 1. The number of alkyl halides is 1. The SMILES string of the molecule is CCCCN(c1ccc(CBr)c(Cl)c1)C1CC1. The molecule has 0 aromatic heterocycles. The van der Waals surface area contributed by atoms with Gasteiger partial charge in [-0.05, 0) is 37.0 Å². The summed E-state index contributed by atoms with van der Waals surface area (Å²) in [4.78, 5) is 2.52.